The van der Waals surface area contributed by atoms with Gasteiger partial charge in [0.15, 0.2) is 0 Å². The molecule has 1 aliphatic heterocycles. The Bertz CT molecular complexity index is 3350. The summed E-state index contributed by atoms with van der Waals surface area (Å²) in [5.41, 5.74) is 23.2. The zero-order valence-corrected chi connectivity index (χ0v) is 38.3. The number of hydrogen-bond donors (Lipinski definition) is 0. The van der Waals surface area contributed by atoms with Crippen molar-refractivity contribution in [2.45, 2.75) is 40.0 Å². The molecule has 0 spiro atoms. The van der Waals surface area contributed by atoms with Crippen molar-refractivity contribution >= 4 is 70.4 Å². The van der Waals surface area contributed by atoms with Gasteiger partial charge < -0.3 is 4.42 Å². The van der Waals surface area contributed by atoms with Gasteiger partial charge in [0.05, 0.1) is 0 Å². The number of hydrogen-bond acceptors (Lipinski definition) is 1. The van der Waals surface area contributed by atoms with E-state index in [1.165, 1.54) is 77.6 Å². The van der Waals surface area contributed by atoms with E-state index in [0.29, 0.717) is 5.92 Å². The van der Waals surface area contributed by atoms with Crippen LogP contribution in [0.3, 0.4) is 0 Å². The smallest absolute Gasteiger partial charge is 0.0581 e. The molecule has 10 rings (SSSR count). The van der Waals surface area contributed by atoms with E-state index >= 15 is 0 Å². The Morgan fingerprint density at radius 1 is 0.697 bits per heavy atom. The Morgan fingerprint density at radius 2 is 1.52 bits per heavy atom. The number of furan rings is 1. The van der Waals surface area contributed by atoms with Crippen molar-refractivity contribution in [3.05, 3.63) is 245 Å². The molecule has 0 amide bonds. The summed E-state index contributed by atoms with van der Waals surface area (Å²) in [6.45, 7) is 14.8. The summed E-state index contributed by atoms with van der Waals surface area (Å²) in [5, 5.41) is 1.12. The molecule has 8 aromatic rings. The van der Waals surface area contributed by atoms with Crippen LogP contribution < -0.4 is 16.4 Å². The van der Waals surface area contributed by atoms with Gasteiger partial charge in [-0.05, 0) is 114 Å². The van der Waals surface area contributed by atoms with Crippen LogP contribution in [-0.2, 0) is 0 Å². The SMILES string of the molecule is C=C/C(=C\C=C/C)c1cccc(-c2ccc(C)c(-c3cc(/C=C/c4c(/C=C\C)oc5ccc(B6c7ccccc7-c7cc(C8C=C(c9cbccc9)C=CC8)ccc76)cc45)ccc3C)c2)c1. The third-order valence-corrected chi connectivity index (χ3v) is 13.4. The van der Waals surface area contributed by atoms with Crippen LogP contribution in [0.25, 0.3) is 73.7 Å². The number of fused-ring (bicyclic) bond motifs is 4. The van der Waals surface area contributed by atoms with Crippen molar-refractivity contribution in [3.8, 4) is 33.4 Å². The number of benzene rings is 6. The average Bonchev–Trinajstić information content (AvgIpc) is 3.88. The van der Waals surface area contributed by atoms with Gasteiger partial charge >= 0.3 is 167 Å². The molecule has 0 N–H and O–H groups in total. The molecule has 66 heavy (non-hydrogen) atoms. The first-order chi connectivity index (χ1) is 32.4. The third-order valence-electron chi connectivity index (χ3n) is 13.4. The zero-order chi connectivity index (χ0) is 45.1. The molecule has 0 fully saturated rings. The Kier molecular flexibility index (Phi) is 11.9. The molecule has 1 aliphatic carbocycles. The average molecular weight is 847 g/mol. The van der Waals surface area contributed by atoms with Crippen molar-refractivity contribution in [1.29, 1.82) is 0 Å². The molecule has 0 saturated carbocycles. The van der Waals surface area contributed by atoms with Crippen molar-refractivity contribution in [1.82, 2.24) is 0 Å². The van der Waals surface area contributed by atoms with Gasteiger partial charge in [0.1, 0.15) is 11.3 Å². The standard InChI is InChI=1S/C63H52B2O/c1-6-9-16-45(8-3)46-17-12-18-47(36-46)50-28-25-43(5)57(38-50)56-35-44(26-24-42(56)4)27-31-55-59-40-53(30-33-63(59)66-62(55)15-7-2)65-60-23-11-10-22-54(60)58-39-51(29-32-61(58)65)48-19-13-20-49(37-48)52-21-14-34-64-41-52/h6-18,20-41,48H,3,19H2,1-2,4-5H3/b9-6-,15-7-,31-27+,45-16+. The van der Waals surface area contributed by atoms with Crippen LogP contribution in [0.2, 0.25) is 0 Å². The first-order valence-corrected chi connectivity index (χ1v) is 23.2. The van der Waals surface area contributed by atoms with Crippen LogP contribution in [0.4, 0.5) is 0 Å². The molecule has 2 aromatic heterocycles. The fourth-order valence-electron chi connectivity index (χ4n) is 9.99. The number of aryl methyl sites for hydroxylation is 2. The maximum atomic E-state index is 6.58. The van der Waals surface area contributed by atoms with Gasteiger partial charge in [-0.15, -0.1) is 0 Å². The van der Waals surface area contributed by atoms with Crippen molar-refractivity contribution in [2.24, 2.45) is 0 Å². The number of rotatable bonds is 11. The first-order valence-electron chi connectivity index (χ1n) is 23.2. The van der Waals surface area contributed by atoms with Crippen LogP contribution in [0.5, 0.6) is 0 Å². The van der Waals surface area contributed by atoms with Crippen molar-refractivity contribution < 1.29 is 4.42 Å². The van der Waals surface area contributed by atoms with Gasteiger partial charge in [0.2, 0.25) is 0 Å². The van der Waals surface area contributed by atoms with Gasteiger partial charge in [0.25, 0.3) is 0 Å². The molecule has 6 aromatic carbocycles. The summed E-state index contributed by atoms with van der Waals surface area (Å²) in [6, 6.07) is 49.7. The number of allylic oxidation sites excluding steroid dienone is 10. The summed E-state index contributed by atoms with van der Waals surface area (Å²) < 4.78 is 6.58. The monoisotopic (exact) mass is 846 g/mol. The van der Waals surface area contributed by atoms with E-state index in [-0.39, 0.29) is 6.71 Å². The zero-order valence-electron chi connectivity index (χ0n) is 38.3. The van der Waals surface area contributed by atoms with Crippen LogP contribution in [0.1, 0.15) is 70.9 Å². The normalized spacial score (nSPS) is 14.7. The fraction of sp³-hybridized carbons (Fsp3) is 0.0952. The fourth-order valence-corrected chi connectivity index (χ4v) is 9.99. The molecule has 1 unspecified atom stereocenters. The Labute approximate surface area is 391 Å². The van der Waals surface area contributed by atoms with Gasteiger partial charge in [-0.3, -0.25) is 0 Å². The molecule has 2 aliphatic rings. The molecule has 1 nitrogen and oxygen atoms in total. The Hall–Kier alpha value is -7.48. The van der Waals surface area contributed by atoms with Crippen LogP contribution in [-0.4, -0.2) is 13.6 Å². The quantitative estimate of drug-likeness (QED) is 0.0934. The molecule has 3 heteroatoms. The van der Waals surface area contributed by atoms with Crippen LogP contribution >= 0.6 is 0 Å². The van der Waals surface area contributed by atoms with E-state index in [0.717, 1.165) is 45.4 Å². The molecule has 0 saturated heterocycles. The van der Waals surface area contributed by atoms with E-state index in [9.17, 15) is 0 Å². The molecule has 1 atom stereocenters. The maximum absolute atomic E-state index is 6.58. The minimum atomic E-state index is 0.119. The predicted octanol–water partition coefficient (Wildman–Crippen LogP) is 14.7. The van der Waals surface area contributed by atoms with E-state index in [1.54, 1.807) is 0 Å². The molecular formula is C63H52B2O. The summed E-state index contributed by atoms with van der Waals surface area (Å²) in [7, 11) is 0. The predicted molar refractivity (Wildman–Crippen MR) is 288 cm³/mol. The van der Waals surface area contributed by atoms with Crippen molar-refractivity contribution in [3.63, 3.8) is 0 Å². The van der Waals surface area contributed by atoms with E-state index < -0.39 is 0 Å². The minimum absolute atomic E-state index is 0.119. The summed E-state index contributed by atoms with van der Waals surface area (Å²) in [6.07, 6.45) is 24.8. The van der Waals surface area contributed by atoms with E-state index in [1.807, 2.05) is 26.0 Å². The third kappa shape index (κ3) is 8.23. The second-order valence-corrected chi connectivity index (χ2v) is 17.6. The molecule has 3 heterocycles. The summed E-state index contributed by atoms with van der Waals surface area (Å²) in [4.78, 5) is 0. The van der Waals surface area contributed by atoms with Gasteiger partial charge in [-0.2, -0.15) is 0 Å². The Morgan fingerprint density at radius 3 is 2.35 bits per heavy atom. The molecule has 0 bridgehead atoms. The second-order valence-electron chi connectivity index (χ2n) is 17.6. The molecule has 0 radical (unpaired) electrons. The van der Waals surface area contributed by atoms with Gasteiger partial charge in [-0.25, -0.2) is 0 Å². The minimum Gasteiger partial charge on any atom is -0.0581 e. The van der Waals surface area contributed by atoms with Crippen LogP contribution in [0, 0.1) is 13.8 Å². The topological polar surface area (TPSA) is 13.1 Å². The van der Waals surface area contributed by atoms with Gasteiger partial charge in [-0.1, -0.05) is 85.5 Å². The first kappa shape index (κ1) is 42.5. The van der Waals surface area contributed by atoms with Crippen molar-refractivity contribution in [2.75, 3.05) is 0 Å². The van der Waals surface area contributed by atoms with Gasteiger partial charge in [0, 0.05) is 10.9 Å². The molecular weight excluding hydrogens is 794 g/mol. The van der Waals surface area contributed by atoms with E-state index in [2.05, 4.69) is 227 Å². The molecule has 316 valence electrons. The summed E-state index contributed by atoms with van der Waals surface area (Å²) >= 11 is 0. The van der Waals surface area contributed by atoms with E-state index in [4.69, 9.17) is 4.42 Å². The Balaban J connectivity index is 0.989. The second kappa shape index (κ2) is 18.6. The summed E-state index contributed by atoms with van der Waals surface area (Å²) in [5.74, 6) is 5.47. The van der Waals surface area contributed by atoms with Crippen LogP contribution in [0.15, 0.2) is 205 Å².